The summed E-state index contributed by atoms with van der Waals surface area (Å²) in [5, 5.41) is 2.85. The van der Waals surface area contributed by atoms with Crippen LogP contribution in [-0.2, 0) is 26.2 Å². The molecule has 0 spiro atoms. The number of carbonyl (C=O) groups excluding carboxylic acids is 2. The van der Waals surface area contributed by atoms with Gasteiger partial charge in [-0.2, -0.15) is 0 Å². The van der Waals surface area contributed by atoms with Crippen molar-refractivity contribution >= 4 is 27.5 Å². The van der Waals surface area contributed by atoms with Crippen LogP contribution in [0.3, 0.4) is 0 Å². The molecule has 0 aliphatic carbocycles. The van der Waals surface area contributed by atoms with Gasteiger partial charge in [-0.25, -0.2) is 17.2 Å². The fourth-order valence-electron chi connectivity index (χ4n) is 3.82. The molecule has 2 aromatic rings. The molecule has 2 rings (SSSR count). The predicted molar refractivity (Wildman–Crippen MR) is 137 cm³/mol. The molecular formula is C26H35F2N3O4S. The van der Waals surface area contributed by atoms with Crippen LogP contribution in [0, 0.1) is 18.6 Å². The maximum Gasteiger partial charge on any atom is 0.242 e. The Kier molecular flexibility index (Phi) is 10.8. The summed E-state index contributed by atoms with van der Waals surface area (Å²) in [4.78, 5) is 27.7. The number of nitrogens with zero attached hydrogens (tertiary/aromatic N) is 2. The van der Waals surface area contributed by atoms with E-state index in [9.17, 15) is 26.8 Å². The SMILES string of the molecule is CCCNC(=O)[C@H](CC)N(Cc1ccc(C)cc1)C(=O)CCCN(c1ccc(F)c(F)c1)S(C)(=O)=O. The highest BCUT2D eigenvalue weighted by atomic mass is 32.2. The van der Waals surface area contributed by atoms with Gasteiger partial charge in [-0.05, 0) is 43.9 Å². The number of hydrogen-bond donors (Lipinski definition) is 1. The molecule has 0 aromatic heterocycles. The summed E-state index contributed by atoms with van der Waals surface area (Å²) in [7, 11) is -3.81. The zero-order valence-electron chi connectivity index (χ0n) is 21.3. The number of benzene rings is 2. The Labute approximate surface area is 212 Å². The minimum atomic E-state index is -3.81. The number of carbonyl (C=O) groups is 2. The van der Waals surface area contributed by atoms with Gasteiger partial charge in [-0.3, -0.25) is 13.9 Å². The van der Waals surface area contributed by atoms with Crippen molar-refractivity contribution in [2.45, 2.75) is 59.0 Å². The number of halogens is 2. The van der Waals surface area contributed by atoms with Crippen LogP contribution >= 0.6 is 0 Å². The van der Waals surface area contributed by atoms with Crippen LogP contribution in [0.15, 0.2) is 42.5 Å². The highest BCUT2D eigenvalue weighted by Crippen LogP contribution is 2.22. The van der Waals surface area contributed by atoms with Crippen molar-refractivity contribution < 1.29 is 26.8 Å². The molecule has 1 N–H and O–H groups in total. The highest BCUT2D eigenvalue weighted by molar-refractivity contribution is 7.92. The first-order valence-electron chi connectivity index (χ1n) is 12.0. The number of amides is 2. The maximum atomic E-state index is 13.7. The second kappa shape index (κ2) is 13.3. The van der Waals surface area contributed by atoms with E-state index in [0.717, 1.165) is 40.2 Å². The Bertz CT molecular complexity index is 1140. The van der Waals surface area contributed by atoms with Crippen molar-refractivity contribution in [3.63, 3.8) is 0 Å². The molecule has 0 saturated heterocycles. The van der Waals surface area contributed by atoms with Gasteiger partial charge in [0.2, 0.25) is 21.8 Å². The zero-order chi connectivity index (χ0) is 26.9. The largest absolute Gasteiger partial charge is 0.354 e. The Balaban J connectivity index is 2.21. The average Bonchev–Trinajstić information content (AvgIpc) is 2.82. The predicted octanol–water partition coefficient (Wildman–Crippen LogP) is 4.15. The van der Waals surface area contributed by atoms with Crippen LogP contribution in [-0.4, -0.2) is 50.5 Å². The highest BCUT2D eigenvalue weighted by Gasteiger charge is 2.28. The summed E-state index contributed by atoms with van der Waals surface area (Å²) >= 11 is 0. The lowest BCUT2D eigenvalue weighted by Gasteiger charge is -2.31. The van der Waals surface area contributed by atoms with Gasteiger partial charge < -0.3 is 10.2 Å². The topological polar surface area (TPSA) is 86.8 Å². The quantitative estimate of drug-likeness (QED) is 0.427. The van der Waals surface area contributed by atoms with Crippen LogP contribution in [0.1, 0.15) is 50.7 Å². The van der Waals surface area contributed by atoms with Gasteiger partial charge in [0.05, 0.1) is 11.9 Å². The summed E-state index contributed by atoms with van der Waals surface area (Å²) in [5.41, 5.74) is 1.92. The first-order chi connectivity index (χ1) is 17.0. The number of nitrogens with one attached hydrogen (secondary N) is 1. The van der Waals surface area contributed by atoms with E-state index < -0.39 is 27.7 Å². The van der Waals surface area contributed by atoms with E-state index in [1.165, 1.54) is 11.0 Å². The van der Waals surface area contributed by atoms with E-state index in [-0.39, 0.29) is 43.4 Å². The van der Waals surface area contributed by atoms with E-state index in [4.69, 9.17) is 0 Å². The van der Waals surface area contributed by atoms with Gasteiger partial charge in [0.1, 0.15) is 6.04 Å². The van der Waals surface area contributed by atoms with Crippen LogP contribution in [0.25, 0.3) is 0 Å². The number of sulfonamides is 1. The smallest absolute Gasteiger partial charge is 0.242 e. The minimum absolute atomic E-state index is 0.0225. The maximum absolute atomic E-state index is 13.7. The summed E-state index contributed by atoms with van der Waals surface area (Å²) in [6, 6.07) is 9.84. The third-order valence-corrected chi connectivity index (χ3v) is 6.95. The number of rotatable bonds is 13. The molecule has 0 saturated carbocycles. The number of hydrogen-bond acceptors (Lipinski definition) is 4. The molecule has 0 aliphatic rings. The van der Waals surface area contributed by atoms with Crippen LogP contribution in [0.4, 0.5) is 14.5 Å². The third kappa shape index (κ3) is 8.29. The third-order valence-electron chi connectivity index (χ3n) is 5.75. The van der Waals surface area contributed by atoms with Crippen molar-refractivity contribution in [2.75, 3.05) is 23.7 Å². The number of aryl methyl sites for hydroxylation is 1. The molecule has 0 radical (unpaired) electrons. The van der Waals surface area contributed by atoms with E-state index >= 15 is 0 Å². The van der Waals surface area contributed by atoms with Crippen LogP contribution < -0.4 is 9.62 Å². The van der Waals surface area contributed by atoms with E-state index in [2.05, 4.69) is 5.32 Å². The fourth-order valence-corrected chi connectivity index (χ4v) is 4.78. The molecule has 1 atom stereocenters. The van der Waals surface area contributed by atoms with Crippen molar-refractivity contribution in [3.05, 3.63) is 65.2 Å². The molecule has 0 aliphatic heterocycles. The van der Waals surface area contributed by atoms with Gasteiger partial charge in [0.25, 0.3) is 0 Å². The summed E-state index contributed by atoms with van der Waals surface area (Å²) in [6.07, 6.45) is 2.24. The Morgan fingerprint density at radius 3 is 2.25 bits per heavy atom. The molecule has 2 amide bonds. The monoisotopic (exact) mass is 523 g/mol. The second-order valence-corrected chi connectivity index (χ2v) is 10.7. The number of anilines is 1. The van der Waals surface area contributed by atoms with Crippen LogP contribution in [0.5, 0.6) is 0 Å². The summed E-state index contributed by atoms with van der Waals surface area (Å²) < 4.78 is 52.6. The lowest BCUT2D eigenvalue weighted by atomic mass is 10.1. The minimum Gasteiger partial charge on any atom is -0.354 e. The van der Waals surface area contributed by atoms with E-state index in [1.807, 2.05) is 45.0 Å². The summed E-state index contributed by atoms with van der Waals surface area (Å²) in [6.45, 7) is 6.36. The normalized spacial score (nSPS) is 12.2. The Morgan fingerprint density at radius 1 is 1.03 bits per heavy atom. The molecule has 0 heterocycles. The van der Waals surface area contributed by atoms with Crippen molar-refractivity contribution in [2.24, 2.45) is 0 Å². The first-order valence-corrected chi connectivity index (χ1v) is 13.9. The standard InChI is InChI=1S/C26H35F2N3O4S/c1-5-15-29-26(33)24(6-2)30(18-20-11-9-19(3)10-12-20)25(32)8-7-16-31(36(4,34)35)21-13-14-22(27)23(28)17-21/h9-14,17,24H,5-8,15-16,18H2,1-4H3,(H,29,33)/t24-/m0/s1. The van der Waals surface area contributed by atoms with Crippen molar-refractivity contribution in [3.8, 4) is 0 Å². The van der Waals surface area contributed by atoms with Gasteiger partial charge in [-0.1, -0.05) is 43.7 Å². The van der Waals surface area contributed by atoms with Gasteiger partial charge in [0.15, 0.2) is 11.6 Å². The van der Waals surface area contributed by atoms with E-state index in [0.29, 0.717) is 13.0 Å². The summed E-state index contributed by atoms with van der Waals surface area (Å²) in [5.74, 6) is -2.78. The lowest BCUT2D eigenvalue weighted by Crippen LogP contribution is -2.49. The lowest BCUT2D eigenvalue weighted by molar-refractivity contribution is -0.141. The Hall–Kier alpha value is -3.01. The molecule has 36 heavy (non-hydrogen) atoms. The fraction of sp³-hybridized carbons (Fsp3) is 0.462. The molecule has 0 bridgehead atoms. The van der Waals surface area contributed by atoms with E-state index in [1.54, 1.807) is 0 Å². The van der Waals surface area contributed by atoms with Gasteiger partial charge >= 0.3 is 0 Å². The second-order valence-electron chi connectivity index (χ2n) is 8.76. The zero-order valence-corrected chi connectivity index (χ0v) is 22.1. The van der Waals surface area contributed by atoms with Crippen molar-refractivity contribution in [1.29, 1.82) is 0 Å². The molecule has 2 aromatic carbocycles. The molecule has 198 valence electrons. The Morgan fingerprint density at radius 2 is 1.69 bits per heavy atom. The molecule has 7 nitrogen and oxygen atoms in total. The molecule has 10 heteroatoms. The van der Waals surface area contributed by atoms with Crippen molar-refractivity contribution in [1.82, 2.24) is 10.2 Å². The first kappa shape index (κ1) is 29.2. The van der Waals surface area contributed by atoms with Gasteiger partial charge in [-0.15, -0.1) is 0 Å². The van der Waals surface area contributed by atoms with Gasteiger partial charge in [0, 0.05) is 32.1 Å². The molecule has 0 unspecified atom stereocenters. The molecular weight excluding hydrogens is 488 g/mol. The van der Waals surface area contributed by atoms with Crippen LogP contribution in [0.2, 0.25) is 0 Å². The molecule has 0 fully saturated rings. The average molecular weight is 524 g/mol.